The first-order valence-electron chi connectivity index (χ1n) is 10.9. The van der Waals surface area contributed by atoms with Crippen LogP contribution in [0.3, 0.4) is 0 Å². The number of halogens is 3. The van der Waals surface area contributed by atoms with Crippen LogP contribution in [0, 0.1) is 5.92 Å². The number of hydrogen-bond donors (Lipinski definition) is 3. The number of nitrogens with zero attached hydrogens (tertiary/aromatic N) is 3. The molecule has 1 fully saturated rings. The Hall–Kier alpha value is -3.37. The van der Waals surface area contributed by atoms with Crippen molar-refractivity contribution in [3.63, 3.8) is 0 Å². The molecule has 3 rings (SSSR count). The minimum absolute atomic E-state index is 0.00981. The van der Waals surface area contributed by atoms with Gasteiger partial charge >= 0.3 is 6.18 Å². The number of alkyl halides is 3. The number of nitrogens with one attached hydrogen (secondary N) is 1. The van der Waals surface area contributed by atoms with Crippen molar-refractivity contribution in [1.82, 2.24) is 9.96 Å². The van der Waals surface area contributed by atoms with Gasteiger partial charge in [-0.25, -0.2) is 4.99 Å². The molecule has 1 saturated heterocycles. The second-order valence-corrected chi connectivity index (χ2v) is 8.12. The first-order valence-corrected chi connectivity index (χ1v) is 10.9. The lowest BCUT2D eigenvalue weighted by Crippen LogP contribution is -2.39. The highest BCUT2D eigenvalue weighted by Gasteiger charge is 2.38. The molecule has 1 amide bonds. The molecule has 10 heteroatoms. The van der Waals surface area contributed by atoms with Gasteiger partial charge in [0.2, 0.25) is 5.91 Å². The van der Waals surface area contributed by atoms with Crippen molar-refractivity contribution < 1.29 is 23.2 Å². The number of para-hydroxylation sites is 1. The van der Waals surface area contributed by atoms with Crippen LogP contribution < -0.4 is 11.1 Å². The second-order valence-electron chi connectivity index (χ2n) is 8.12. The van der Waals surface area contributed by atoms with E-state index in [-0.39, 0.29) is 23.2 Å². The molecule has 182 valence electrons. The van der Waals surface area contributed by atoms with Gasteiger partial charge in [-0.1, -0.05) is 30.3 Å². The molecule has 1 heterocycles. The van der Waals surface area contributed by atoms with Crippen LogP contribution in [0.15, 0.2) is 71.5 Å². The number of amides is 1. The van der Waals surface area contributed by atoms with Crippen LogP contribution in [0.5, 0.6) is 0 Å². The zero-order valence-corrected chi connectivity index (χ0v) is 18.8. The molecule has 1 aliphatic rings. The Bertz CT molecular complexity index is 1020. The van der Waals surface area contributed by atoms with Gasteiger partial charge in [0, 0.05) is 44.5 Å². The van der Waals surface area contributed by atoms with Crippen molar-refractivity contribution in [2.24, 2.45) is 16.6 Å². The third-order valence-corrected chi connectivity index (χ3v) is 5.54. The van der Waals surface area contributed by atoms with E-state index in [2.05, 4.69) is 10.3 Å². The molecule has 2 aromatic carbocycles. The van der Waals surface area contributed by atoms with Gasteiger partial charge in [0.25, 0.3) is 0 Å². The minimum atomic E-state index is -4.72. The molecule has 34 heavy (non-hydrogen) atoms. The Morgan fingerprint density at radius 1 is 1.18 bits per heavy atom. The van der Waals surface area contributed by atoms with Crippen LogP contribution >= 0.6 is 0 Å². The van der Waals surface area contributed by atoms with Gasteiger partial charge in [-0.3, -0.25) is 4.79 Å². The number of hydrogen-bond acceptors (Lipinski definition) is 6. The van der Waals surface area contributed by atoms with Gasteiger partial charge in [-0.15, -0.1) is 0 Å². The molecule has 0 unspecified atom stereocenters. The summed E-state index contributed by atoms with van der Waals surface area (Å²) in [5, 5.41) is 13.4. The third-order valence-electron chi connectivity index (χ3n) is 5.54. The summed E-state index contributed by atoms with van der Waals surface area (Å²) in [6.07, 6.45) is -2.68. The number of carbonyl (C=O) groups is 1. The van der Waals surface area contributed by atoms with Crippen LogP contribution in [0.2, 0.25) is 0 Å². The van der Waals surface area contributed by atoms with Crippen molar-refractivity contribution in [3.8, 4) is 0 Å². The number of benzene rings is 2. The van der Waals surface area contributed by atoms with E-state index < -0.39 is 11.9 Å². The van der Waals surface area contributed by atoms with Gasteiger partial charge in [0.15, 0.2) is 5.71 Å². The first kappa shape index (κ1) is 25.3. The van der Waals surface area contributed by atoms with E-state index in [4.69, 9.17) is 5.73 Å². The van der Waals surface area contributed by atoms with Gasteiger partial charge in [0.1, 0.15) is 0 Å². The molecule has 0 saturated carbocycles. The molecule has 4 N–H and O–H groups in total. The molecule has 0 aromatic heterocycles. The first-order chi connectivity index (χ1) is 16.2. The molecule has 1 aliphatic heterocycles. The number of nitrogens with two attached hydrogens (primary N) is 1. The summed E-state index contributed by atoms with van der Waals surface area (Å²) < 4.78 is 41.0. The monoisotopic (exact) mass is 475 g/mol. The number of anilines is 1. The lowest BCUT2D eigenvalue weighted by Gasteiger charge is -2.29. The summed E-state index contributed by atoms with van der Waals surface area (Å²) in [7, 11) is 1.71. The van der Waals surface area contributed by atoms with E-state index in [1.165, 1.54) is 17.2 Å². The van der Waals surface area contributed by atoms with Gasteiger partial charge in [-0.05, 0) is 42.7 Å². The number of rotatable bonds is 7. The van der Waals surface area contributed by atoms with E-state index in [9.17, 15) is 23.2 Å². The molecule has 0 atom stereocenters. The van der Waals surface area contributed by atoms with Gasteiger partial charge in [0.05, 0.1) is 11.4 Å². The minimum Gasteiger partial charge on any atom is -0.403 e. The maximum Gasteiger partial charge on any atom is 0.435 e. The zero-order valence-electron chi connectivity index (χ0n) is 18.8. The molecular formula is C24H28F3N5O2. The number of aliphatic imine (C=N–C) groups is 1. The Morgan fingerprint density at radius 2 is 1.79 bits per heavy atom. The standard InChI is InChI=1S/C24H28F3N5O2/c1-31(23(33)18-11-13-32(34)14-12-18)16-17-7-9-20(10-8-17)29-21(15-28)22(24(25,26)27)30-19-5-3-2-4-6-19/h2-10,15,18,29,34H,11-14,16,28H2,1H3/b21-15+,30-22?. The van der Waals surface area contributed by atoms with E-state index >= 15 is 0 Å². The number of piperidine rings is 1. The van der Waals surface area contributed by atoms with E-state index in [1.807, 2.05) is 0 Å². The zero-order chi connectivity index (χ0) is 24.7. The smallest absolute Gasteiger partial charge is 0.403 e. The molecular weight excluding hydrogens is 447 g/mol. The third kappa shape index (κ3) is 6.82. The Morgan fingerprint density at radius 3 is 2.35 bits per heavy atom. The van der Waals surface area contributed by atoms with Crippen LogP contribution in [0.25, 0.3) is 0 Å². The fraction of sp³-hybridized carbons (Fsp3) is 0.333. The lowest BCUT2D eigenvalue weighted by atomic mass is 9.96. The van der Waals surface area contributed by atoms with Crippen molar-refractivity contribution in [1.29, 1.82) is 0 Å². The Kier molecular flexibility index (Phi) is 8.30. The molecule has 2 aromatic rings. The quantitative estimate of drug-likeness (QED) is 0.520. The normalized spacial score (nSPS) is 16.4. The summed E-state index contributed by atoms with van der Waals surface area (Å²) in [6, 6.07) is 14.5. The van der Waals surface area contributed by atoms with E-state index in [0.717, 1.165) is 11.8 Å². The predicted octanol–water partition coefficient (Wildman–Crippen LogP) is 4.29. The van der Waals surface area contributed by atoms with E-state index in [1.54, 1.807) is 54.4 Å². The fourth-order valence-electron chi connectivity index (χ4n) is 3.71. The summed E-state index contributed by atoms with van der Waals surface area (Å²) in [5.74, 6) is -0.119. The van der Waals surface area contributed by atoms with Crippen molar-refractivity contribution in [2.45, 2.75) is 25.6 Å². The SMILES string of the molecule is CN(Cc1ccc(N/C(=C/N)C(=Nc2ccccc2)C(F)(F)F)cc1)C(=O)C1CCN(O)CC1. The van der Waals surface area contributed by atoms with E-state index in [0.29, 0.717) is 38.2 Å². The number of carbonyl (C=O) groups excluding carboxylic acids is 1. The number of allylic oxidation sites excluding steroid dienone is 1. The molecule has 0 radical (unpaired) electrons. The van der Waals surface area contributed by atoms with Crippen molar-refractivity contribution >= 4 is 23.0 Å². The number of hydroxylamine groups is 2. The van der Waals surface area contributed by atoms with Crippen molar-refractivity contribution in [2.75, 3.05) is 25.5 Å². The van der Waals surface area contributed by atoms with Crippen LogP contribution in [0.4, 0.5) is 24.5 Å². The average Bonchev–Trinajstić information content (AvgIpc) is 2.82. The average molecular weight is 476 g/mol. The second kappa shape index (κ2) is 11.2. The van der Waals surface area contributed by atoms with Crippen LogP contribution in [-0.2, 0) is 11.3 Å². The molecule has 0 spiro atoms. The maximum atomic E-state index is 13.7. The highest BCUT2D eigenvalue weighted by Crippen LogP contribution is 2.27. The van der Waals surface area contributed by atoms with Crippen LogP contribution in [0.1, 0.15) is 18.4 Å². The largest absolute Gasteiger partial charge is 0.435 e. The topological polar surface area (TPSA) is 94.2 Å². The fourth-order valence-corrected chi connectivity index (χ4v) is 3.71. The summed E-state index contributed by atoms with van der Waals surface area (Å²) >= 11 is 0. The summed E-state index contributed by atoms with van der Waals surface area (Å²) in [4.78, 5) is 18.0. The molecule has 0 aliphatic carbocycles. The Balaban J connectivity index is 1.67. The predicted molar refractivity (Wildman–Crippen MR) is 124 cm³/mol. The van der Waals surface area contributed by atoms with Gasteiger partial charge in [-0.2, -0.15) is 18.2 Å². The summed E-state index contributed by atoms with van der Waals surface area (Å²) in [5.41, 5.74) is 5.39. The Labute approximate surface area is 196 Å². The highest BCUT2D eigenvalue weighted by molar-refractivity contribution is 6.07. The molecule has 0 bridgehead atoms. The highest BCUT2D eigenvalue weighted by atomic mass is 19.4. The maximum absolute atomic E-state index is 13.7. The van der Waals surface area contributed by atoms with Crippen molar-refractivity contribution in [3.05, 3.63) is 72.1 Å². The van der Waals surface area contributed by atoms with Crippen LogP contribution in [-0.4, -0.2) is 53.1 Å². The summed E-state index contributed by atoms with van der Waals surface area (Å²) in [6.45, 7) is 1.30. The lowest BCUT2D eigenvalue weighted by molar-refractivity contribution is -0.144. The van der Waals surface area contributed by atoms with Gasteiger partial charge < -0.3 is 21.2 Å². The molecule has 7 nitrogen and oxygen atoms in total.